The second-order valence-electron chi connectivity index (χ2n) is 5.31. The maximum absolute atomic E-state index is 11.7. The zero-order valence-electron chi connectivity index (χ0n) is 13.1. The predicted octanol–water partition coefficient (Wildman–Crippen LogP) is 3.09. The zero-order valence-corrected chi connectivity index (χ0v) is 13.1. The second-order valence-corrected chi connectivity index (χ2v) is 5.31. The van der Waals surface area contributed by atoms with Crippen LogP contribution in [0.1, 0.15) is 39.2 Å². The first-order valence-electron chi connectivity index (χ1n) is 7.60. The Hall–Kier alpha value is -1.39. The first-order valence-corrected chi connectivity index (χ1v) is 7.60. The van der Waals surface area contributed by atoms with Gasteiger partial charge in [-0.05, 0) is 51.3 Å². The fraction of sp³-hybridized carbons (Fsp3) is 0.588. The standard InChI is InChI=1S/C17H24O4/c1-4-19-16(20-5-2)12-21-15-8-6-14(7-9-15)17(10-11-17)13(3)18/h6-9,16H,4-5,10-12H2,1-3H3. The molecule has 1 fully saturated rings. The van der Waals surface area contributed by atoms with E-state index in [1.54, 1.807) is 6.92 Å². The number of carbonyl (C=O) groups is 1. The molecular formula is C17H24O4. The Labute approximate surface area is 126 Å². The van der Waals surface area contributed by atoms with E-state index in [-0.39, 0.29) is 17.5 Å². The molecule has 1 saturated carbocycles. The molecule has 0 radical (unpaired) electrons. The summed E-state index contributed by atoms with van der Waals surface area (Å²) in [5.41, 5.74) is 0.867. The fourth-order valence-corrected chi connectivity index (χ4v) is 2.52. The molecule has 4 heteroatoms. The summed E-state index contributed by atoms with van der Waals surface area (Å²) in [6.07, 6.45) is 1.57. The van der Waals surface area contributed by atoms with Crippen LogP contribution in [0.25, 0.3) is 0 Å². The Bertz CT molecular complexity index is 456. The third kappa shape index (κ3) is 3.83. The summed E-state index contributed by atoms with van der Waals surface area (Å²) in [5.74, 6) is 1.02. The van der Waals surface area contributed by atoms with Crippen LogP contribution < -0.4 is 4.74 Å². The molecule has 0 amide bonds. The maximum Gasteiger partial charge on any atom is 0.191 e. The first kappa shape index (κ1) is 16.0. The molecule has 0 aromatic heterocycles. The fourth-order valence-electron chi connectivity index (χ4n) is 2.52. The van der Waals surface area contributed by atoms with Crippen molar-refractivity contribution in [3.8, 4) is 5.75 Å². The Morgan fingerprint density at radius 1 is 1.14 bits per heavy atom. The minimum absolute atomic E-state index is 0.224. The molecule has 21 heavy (non-hydrogen) atoms. The highest BCUT2D eigenvalue weighted by Gasteiger charge is 2.48. The van der Waals surface area contributed by atoms with E-state index in [0.29, 0.717) is 19.8 Å². The maximum atomic E-state index is 11.7. The van der Waals surface area contributed by atoms with Crippen molar-refractivity contribution in [3.63, 3.8) is 0 Å². The lowest BCUT2D eigenvalue weighted by Gasteiger charge is -2.18. The van der Waals surface area contributed by atoms with Crippen molar-refractivity contribution < 1.29 is 19.0 Å². The summed E-state index contributed by atoms with van der Waals surface area (Å²) in [6, 6.07) is 7.79. The summed E-state index contributed by atoms with van der Waals surface area (Å²) in [5, 5.41) is 0. The number of benzene rings is 1. The van der Waals surface area contributed by atoms with Gasteiger partial charge in [0, 0.05) is 13.2 Å². The molecule has 1 aliphatic carbocycles. The molecule has 0 spiro atoms. The van der Waals surface area contributed by atoms with Crippen LogP contribution in [0.3, 0.4) is 0 Å². The SMILES string of the molecule is CCOC(COc1ccc(C2(C(C)=O)CC2)cc1)OCC. The minimum Gasteiger partial charge on any atom is -0.488 e. The van der Waals surface area contributed by atoms with Crippen LogP contribution >= 0.6 is 0 Å². The molecule has 0 N–H and O–H groups in total. The second kappa shape index (κ2) is 7.05. The highest BCUT2D eigenvalue weighted by atomic mass is 16.7. The van der Waals surface area contributed by atoms with Gasteiger partial charge in [0.1, 0.15) is 18.1 Å². The third-order valence-electron chi connectivity index (χ3n) is 3.92. The number of carbonyl (C=O) groups excluding carboxylic acids is 1. The summed E-state index contributed by atoms with van der Waals surface area (Å²) in [4.78, 5) is 11.7. The molecular weight excluding hydrogens is 268 g/mol. The van der Waals surface area contributed by atoms with Crippen molar-refractivity contribution in [3.05, 3.63) is 29.8 Å². The van der Waals surface area contributed by atoms with Gasteiger partial charge in [0.15, 0.2) is 6.29 Å². The van der Waals surface area contributed by atoms with Gasteiger partial charge in [-0.3, -0.25) is 4.79 Å². The third-order valence-corrected chi connectivity index (χ3v) is 3.92. The van der Waals surface area contributed by atoms with Gasteiger partial charge >= 0.3 is 0 Å². The molecule has 1 aliphatic rings. The van der Waals surface area contributed by atoms with Crippen LogP contribution in [0.15, 0.2) is 24.3 Å². The zero-order chi connectivity index (χ0) is 15.3. The van der Waals surface area contributed by atoms with E-state index in [4.69, 9.17) is 14.2 Å². The highest BCUT2D eigenvalue weighted by Crippen LogP contribution is 2.49. The minimum atomic E-state index is -0.341. The molecule has 116 valence electrons. The average Bonchev–Trinajstić information content (AvgIpc) is 3.27. The van der Waals surface area contributed by atoms with Gasteiger partial charge < -0.3 is 14.2 Å². The van der Waals surface area contributed by atoms with Crippen molar-refractivity contribution in [2.75, 3.05) is 19.8 Å². The smallest absolute Gasteiger partial charge is 0.191 e. The molecule has 0 aliphatic heterocycles. The lowest BCUT2D eigenvalue weighted by Crippen LogP contribution is -2.25. The molecule has 1 aromatic carbocycles. The molecule has 4 nitrogen and oxygen atoms in total. The van der Waals surface area contributed by atoms with Gasteiger partial charge in [0.05, 0.1) is 5.41 Å². The summed E-state index contributed by atoms with van der Waals surface area (Å²) >= 11 is 0. The molecule has 0 bridgehead atoms. The molecule has 0 heterocycles. The average molecular weight is 292 g/mol. The van der Waals surface area contributed by atoms with Crippen LogP contribution in [0, 0.1) is 0 Å². The number of hydrogen-bond donors (Lipinski definition) is 0. The van der Waals surface area contributed by atoms with Crippen molar-refractivity contribution in [2.45, 2.75) is 45.3 Å². The van der Waals surface area contributed by atoms with Gasteiger partial charge in [-0.2, -0.15) is 0 Å². The topological polar surface area (TPSA) is 44.8 Å². The highest BCUT2D eigenvalue weighted by molar-refractivity contribution is 5.91. The van der Waals surface area contributed by atoms with Gasteiger partial charge in [0.25, 0.3) is 0 Å². The molecule has 0 unspecified atom stereocenters. The predicted molar refractivity (Wildman–Crippen MR) is 80.6 cm³/mol. The van der Waals surface area contributed by atoms with Gasteiger partial charge in [-0.25, -0.2) is 0 Å². The summed E-state index contributed by atoms with van der Waals surface area (Å²) in [6.45, 7) is 7.07. The number of ketones is 1. The number of rotatable bonds is 9. The van der Waals surface area contributed by atoms with Crippen LogP contribution in [0.4, 0.5) is 0 Å². The molecule has 0 atom stereocenters. The Morgan fingerprint density at radius 2 is 1.71 bits per heavy atom. The van der Waals surface area contributed by atoms with Crippen molar-refractivity contribution in [2.24, 2.45) is 0 Å². The van der Waals surface area contributed by atoms with E-state index in [1.165, 1.54) is 0 Å². The molecule has 0 saturated heterocycles. The Kier molecular flexibility index (Phi) is 5.37. The number of Topliss-reactive ketones (excluding diaryl/α,β-unsaturated/α-hetero) is 1. The number of hydrogen-bond acceptors (Lipinski definition) is 4. The van der Waals surface area contributed by atoms with Crippen molar-refractivity contribution >= 4 is 5.78 Å². The quantitative estimate of drug-likeness (QED) is 0.656. The van der Waals surface area contributed by atoms with Crippen molar-refractivity contribution in [1.29, 1.82) is 0 Å². The van der Waals surface area contributed by atoms with E-state index >= 15 is 0 Å². The van der Waals surface area contributed by atoms with Crippen LogP contribution in [-0.4, -0.2) is 31.9 Å². The summed E-state index contributed by atoms with van der Waals surface area (Å²) in [7, 11) is 0. The van der Waals surface area contributed by atoms with E-state index in [0.717, 1.165) is 24.2 Å². The van der Waals surface area contributed by atoms with Gasteiger partial charge in [-0.1, -0.05) is 12.1 Å². The Balaban J connectivity index is 1.92. The van der Waals surface area contributed by atoms with Crippen LogP contribution in [-0.2, 0) is 19.7 Å². The van der Waals surface area contributed by atoms with Crippen LogP contribution in [0.2, 0.25) is 0 Å². The van der Waals surface area contributed by atoms with E-state index in [2.05, 4.69) is 0 Å². The molecule has 1 aromatic rings. The van der Waals surface area contributed by atoms with Gasteiger partial charge in [-0.15, -0.1) is 0 Å². The van der Waals surface area contributed by atoms with Crippen molar-refractivity contribution in [1.82, 2.24) is 0 Å². The van der Waals surface area contributed by atoms with E-state index in [1.807, 2.05) is 38.1 Å². The summed E-state index contributed by atoms with van der Waals surface area (Å²) < 4.78 is 16.6. The Morgan fingerprint density at radius 3 is 2.14 bits per heavy atom. The van der Waals surface area contributed by atoms with Gasteiger partial charge in [0.2, 0.25) is 0 Å². The monoisotopic (exact) mass is 292 g/mol. The lowest BCUT2D eigenvalue weighted by molar-refractivity contribution is -0.152. The first-order chi connectivity index (χ1) is 10.1. The molecule has 2 rings (SSSR count). The lowest BCUT2D eigenvalue weighted by atomic mass is 9.92. The largest absolute Gasteiger partial charge is 0.488 e. The number of ether oxygens (including phenoxy) is 3. The normalized spacial score (nSPS) is 16.0. The van der Waals surface area contributed by atoms with E-state index < -0.39 is 0 Å². The van der Waals surface area contributed by atoms with Crippen LogP contribution in [0.5, 0.6) is 5.75 Å². The van der Waals surface area contributed by atoms with E-state index in [9.17, 15) is 4.79 Å².